The van der Waals surface area contributed by atoms with Gasteiger partial charge in [-0.25, -0.2) is 9.37 Å². The number of nitrogens with zero attached hydrogens (tertiary/aromatic N) is 3. The summed E-state index contributed by atoms with van der Waals surface area (Å²) >= 11 is 0. The van der Waals surface area contributed by atoms with E-state index in [2.05, 4.69) is 20.9 Å². The first-order valence-corrected chi connectivity index (χ1v) is 12.4. The molecule has 2 fully saturated rings. The summed E-state index contributed by atoms with van der Waals surface area (Å²) in [5.74, 6) is 0.988. The highest BCUT2D eigenvalue weighted by atomic mass is 19.1. The molecule has 1 saturated heterocycles. The number of hydrogen-bond acceptors (Lipinski definition) is 3. The standard InChI is InChI=1S/C27H33FN4O/c28-22-9-7-8-20(18-22)19-32-25-13-6-5-12-24(25)30-27(32)31-16-14-21(15-17-31)26(33)29-23-10-3-1-2-4-11-23/h5-9,12-13,18,21,23H,1-4,10-11,14-17,19H2,(H,29,33). The number of anilines is 1. The van der Waals surface area contributed by atoms with Crippen molar-refractivity contribution in [3.8, 4) is 0 Å². The van der Waals surface area contributed by atoms with Crippen molar-refractivity contribution in [2.45, 2.75) is 64.0 Å². The van der Waals surface area contributed by atoms with Gasteiger partial charge in [0, 0.05) is 25.0 Å². The maximum atomic E-state index is 13.8. The third-order valence-electron chi connectivity index (χ3n) is 7.21. The van der Waals surface area contributed by atoms with Crippen LogP contribution in [0.15, 0.2) is 48.5 Å². The van der Waals surface area contributed by atoms with Crippen molar-refractivity contribution in [3.63, 3.8) is 0 Å². The lowest BCUT2D eigenvalue weighted by Crippen LogP contribution is -2.44. The van der Waals surface area contributed by atoms with Gasteiger partial charge in [-0.2, -0.15) is 0 Å². The van der Waals surface area contributed by atoms with Crippen molar-refractivity contribution in [1.82, 2.24) is 14.9 Å². The molecule has 174 valence electrons. The van der Waals surface area contributed by atoms with Gasteiger partial charge in [-0.3, -0.25) is 4.79 Å². The van der Waals surface area contributed by atoms with Crippen LogP contribution in [0.4, 0.5) is 10.3 Å². The number of hydrogen-bond donors (Lipinski definition) is 1. The Morgan fingerprint density at radius 1 is 0.970 bits per heavy atom. The normalized spacial score (nSPS) is 18.4. The number of amides is 1. The van der Waals surface area contributed by atoms with Crippen molar-refractivity contribution in [1.29, 1.82) is 0 Å². The minimum atomic E-state index is -0.223. The second kappa shape index (κ2) is 9.94. The molecule has 0 radical (unpaired) electrons. The monoisotopic (exact) mass is 448 g/mol. The van der Waals surface area contributed by atoms with Crippen LogP contribution in [-0.2, 0) is 11.3 Å². The maximum Gasteiger partial charge on any atom is 0.223 e. The lowest BCUT2D eigenvalue weighted by molar-refractivity contribution is -0.126. The first kappa shape index (κ1) is 21.9. The van der Waals surface area contributed by atoms with E-state index in [1.165, 1.54) is 31.7 Å². The molecule has 0 spiro atoms. The van der Waals surface area contributed by atoms with Crippen LogP contribution in [0, 0.1) is 11.7 Å². The van der Waals surface area contributed by atoms with Crippen LogP contribution in [0.25, 0.3) is 11.0 Å². The highest BCUT2D eigenvalue weighted by Gasteiger charge is 2.29. The number of halogens is 1. The summed E-state index contributed by atoms with van der Waals surface area (Å²) in [5.41, 5.74) is 2.90. The van der Waals surface area contributed by atoms with Crippen molar-refractivity contribution in [2.75, 3.05) is 18.0 Å². The Hall–Kier alpha value is -2.89. The Kier molecular flexibility index (Phi) is 6.60. The number of imidazole rings is 1. The lowest BCUT2D eigenvalue weighted by atomic mass is 9.95. The number of carbonyl (C=O) groups excluding carboxylic acids is 1. The van der Waals surface area contributed by atoms with Crippen LogP contribution in [0.3, 0.4) is 0 Å². The van der Waals surface area contributed by atoms with E-state index in [0.29, 0.717) is 12.6 Å². The minimum Gasteiger partial charge on any atom is -0.353 e. The third kappa shape index (κ3) is 5.05. The zero-order chi connectivity index (χ0) is 22.6. The number of para-hydroxylation sites is 2. The van der Waals surface area contributed by atoms with Crippen molar-refractivity contribution in [2.24, 2.45) is 5.92 Å². The summed E-state index contributed by atoms with van der Waals surface area (Å²) in [6, 6.07) is 15.2. The van der Waals surface area contributed by atoms with E-state index < -0.39 is 0 Å². The van der Waals surface area contributed by atoms with Crippen LogP contribution in [0.5, 0.6) is 0 Å². The summed E-state index contributed by atoms with van der Waals surface area (Å²) < 4.78 is 16.0. The molecular weight excluding hydrogens is 415 g/mol. The molecule has 2 aliphatic rings. The van der Waals surface area contributed by atoms with Crippen LogP contribution >= 0.6 is 0 Å². The van der Waals surface area contributed by atoms with Gasteiger partial charge in [-0.15, -0.1) is 0 Å². The first-order valence-electron chi connectivity index (χ1n) is 12.4. The number of benzene rings is 2. The summed E-state index contributed by atoms with van der Waals surface area (Å²) in [6.07, 6.45) is 8.95. The van der Waals surface area contributed by atoms with E-state index in [9.17, 15) is 9.18 Å². The predicted octanol–water partition coefficient (Wildman–Crippen LogP) is 5.28. The second-order valence-electron chi connectivity index (χ2n) is 9.57. The van der Waals surface area contributed by atoms with Gasteiger partial charge >= 0.3 is 0 Å². The molecule has 1 aromatic heterocycles. The van der Waals surface area contributed by atoms with E-state index in [1.54, 1.807) is 12.1 Å². The van der Waals surface area contributed by atoms with E-state index in [-0.39, 0.29) is 17.6 Å². The molecule has 2 heterocycles. The molecule has 2 aromatic carbocycles. The predicted molar refractivity (Wildman–Crippen MR) is 130 cm³/mol. The Labute approximate surface area is 195 Å². The van der Waals surface area contributed by atoms with Crippen LogP contribution in [-0.4, -0.2) is 34.6 Å². The van der Waals surface area contributed by atoms with Gasteiger partial charge in [-0.1, -0.05) is 49.9 Å². The molecule has 5 rings (SSSR count). The average Bonchev–Trinajstić information content (AvgIpc) is 2.99. The molecular formula is C27H33FN4O. The average molecular weight is 449 g/mol. The quantitative estimate of drug-likeness (QED) is 0.541. The Morgan fingerprint density at radius 3 is 2.48 bits per heavy atom. The van der Waals surface area contributed by atoms with E-state index >= 15 is 0 Å². The molecule has 0 bridgehead atoms. The van der Waals surface area contributed by atoms with Crippen molar-refractivity contribution < 1.29 is 9.18 Å². The van der Waals surface area contributed by atoms with Gasteiger partial charge in [0.1, 0.15) is 5.82 Å². The fourth-order valence-electron chi connectivity index (χ4n) is 5.36. The summed E-state index contributed by atoms with van der Waals surface area (Å²) in [6.45, 7) is 2.17. The molecule has 3 aromatic rings. The van der Waals surface area contributed by atoms with Crippen molar-refractivity contribution in [3.05, 3.63) is 59.9 Å². The molecule has 33 heavy (non-hydrogen) atoms. The van der Waals surface area contributed by atoms with E-state index in [1.807, 2.05) is 24.3 Å². The topological polar surface area (TPSA) is 50.2 Å². The van der Waals surface area contributed by atoms with Gasteiger partial charge in [-0.05, 0) is 55.5 Å². The Balaban J connectivity index is 1.29. The van der Waals surface area contributed by atoms with Crippen LogP contribution in [0.2, 0.25) is 0 Å². The molecule has 5 nitrogen and oxygen atoms in total. The van der Waals surface area contributed by atoms with Crippen LogP contribution < -0.4 is 10.2 Å². The number of nitrogens with one attached hydrogen (secondary N) is 1. The largest absolute Gasteiger partial charge is 0.353 e. The molecule has 1 aliphatic carbocycles. The maximum absolute atomic E-state index is 13.8. The number of rotatable bonds is 5. The summed E-state index contributed by atoms with van der Waals surface area (Å²) in [7, 11) is 0. The zero-order valence-electron chi connectivity index (χ0n) is 19.2. The molecule has 0 atom stereocenters. The third-order valence-corrected chi connectivity index (χ3v) is 7.21. The SMILES string of the molecule is O=C(NC1CCCCCC1)C1CCN(c2nc3ccccc3n2Cc2cccc(F)c2)CC1. The molecule has 6 heteroatoms. The zero-order valence-corrected chi connectivity index (χ0v) is 19.2. The number of fused-ring (bicyclic) bond motifs is 1. The van der Waals surface area contributed by atoms with Gasteiger partial charge < -0.3 is 14.8 Å². The Morgan fingerprint density at radius 2 is 1.73 bits per heavy atom. The molecule has 1 saturated carbocycles. The number of carbonyl (C=O) groups is 1. The smallest absolute Gasteiger partial charge is 0.223 e. The second-order valence-corrected chi connectivity index (χ2v) is 9.57. The fraction of sp³-hybridized carbons (Fsp3) is 0.481. The molecule has 1 N–H and O–H groups in total. The number of piperidine rings is 1. The molecule has 0 unspecified atom stereocenters. The van der Waals surface area contributed by atoms with Gasteiger partial charge in [0.25, 0.3) is 0 Å². The Bertz CT molecular complexity index is 1090. The molecule has 1 amide bonds. The van der Waals surface area contributed by atoms with Gasteiger partial charge in [0.15, 0.2) is 0 Å². The first-order chi connectivity index (χ1) is 16.2. The highest BCUT2D eigenvalue weighted by Crippen LogP contribution is 2.28. The summed E-state index contributed by atoms with van der Waals surface area (Å²) in [4.78, 5) is 20.1. The van der Waals surface area contributed by atoms with Gasteiger partial charge in [0.2, 0.25) is 11.9 Å². The number of aromatic nitrogens is 2. The van der Waals surface area contributed by atoms with Crippen molar-refractivity contribution >= 4 is 22.9 Å². The van der Waals surface area contributed by atoms with Gasteiger partial charge in [0.05, 0.1) is 17.6 Å². The molecule has 1 aliphatic heterocycles. The van der Waals surface area contributed by atoms with E-state index in [4.69, 9.17) is 4.98 Å². The van der Waals surface area contributed by atoms with E-state index in [0.717, 1.165) is 61.3 Å². The summed E-state index contributed by atoms with van der Waals surface area (Å²) in [5, 5.41) is 3.34. The minimum absolute atomic E-state index is 0.0746. The lowest BCUT2D eigenvalue weighted by Gasteiger charge is -2.33. The fourth-order valence-corrected chi connectivity index (χ4v) is 5.36. The van der Waals surface area contributed by atoms with Crippen LogP contribution in [0.1, 0.15) is 56.9 Å². The highest BCUT2D eigenvalue weighted by molar-refractivity contribution is 5.80.